The molecule has 3 aromatic rings. The summed E-state index contributed by atoms with van der Waals surface area (Å²) in [4.78, 5) is 16.1. The molecule has 9 heteroatoms. The van der Waals surface area contributed by atoms with Gasteiger partial charge in [0, 0.05) is 35.8 Å². The molecule has 3 rings (SSSR count). The van der Waals surface area contributed by atoms with Gasteiger partial charge in [-0.3, -0.25) is 4.79 Å². The van der Waals surface area contributed by atoms with Crippen LogP contribution in [0.25, 0.3) is 11.4 Å². The van der Waals surface area contributed by atoms with E-state index in [0.717, 1.165) is 11.1 Å². The number of carbonyl (C=O) groups excluding carboxylic acids is 1. The lowest BCUT2D eigenvalue weighted by molar-refractivity contribution is -0.134. The third-order valence-corrected chi connectivity index (χ3v) is 5.01. The normalized spacial score (nSPS) is 11.8. The molecule has 0 saturated heterocycles. The van der Waals surface area contributed by atoms with Crippen LogP contribution in [0, 0.1) is 0 Å². The molecular formula is C21H24ClN5O3. The van der Waals surface area contributed by atoms with Crippen molar-refractivity contribution in [3.63, 3.8) is 0 Å². The number of amides is 1. The van der Waals surface area contributed by atoms with Gasteiger partial charge in [-0.2, -0.15) is 4.80 Å². The number of aromatic nitrogens is 4. The summed E-state index contributed by atoms with van der Waals surface area (Å²) in [7, 11) is 4.93. The molecule has 1 amide bonds. The molecule has 1 atom stereocenters. The van der Waals surface area contributed by atoms with Gasteiger partial charge in [-0.05, 0) is 48.0 Å². The fraction of sp³-hybridized carbons (Fsp3) is 0.333. The molecule has 30 heavy (non-hydrogen) atoms. The second-order valence-electron chi connectivity index (χ2n) is 6.74. The lowest BCUT2D eigenvalue weighted by Gasteiger charge is -2.23. The minimum Gasteiger partial charge on any atom is -0.497 e. The van der Waals surface area contributed by atoms with Crippen LogP contribution in [0.4, 0.5) is 0 Å². The average molecular weight is 430 g/mol. The van der Waals surface area contributed by atoms with Crippen LogP contribution in [-0.2, 0) is 11.3 Å². The SMILES string of the molecule is CCC(C(=O)N(C)Cc1ccc(OC)cc1OC)n1nnc(-c2ccc(Cl)cc2)n1. The molecule has 0 aliphatic heterocycles. The Balaban J connectivity index is 1.77. The summed E-state index contributed by atoms with van der Waals surface area (Å²) in [5.74, 6) is 1.68. The molecule has 1 unspecified atom stereocenters. The van der Waals surface area contributed by atoms with Crippen molar-refractivity contribution in [3.8, 4) is 22.9 Å². The third-order valence-electron chi connectivity index (χ3n) is 4.76. The number of halogens is 1. The number of likely N-dealkylation sites (N-methyl/N-ethyl adjacent to an activating group) is 1. The van der Waals surface area contributed by atoms with Gasteiger partial charge in [0.25, 0.3) is 0 Å². The van der Waals surface area contributed by atoms with E-state index < -0.39 is 6.04 Å². The maximum absolute atomic E-state index is 13.1. The Bertz CT molecular complexity index is 1010. The van der Waals surface area contributed by atoms with Gasteiger partial charge in [-0.25, -0.2) is 0 Å². The summed E-state index contributed by atoms with van der Waals surface area (Å²) in [6.07, 6.45) is 0.527. The van der Waals surface area contributed by atoms with Gasteiger partial charge in [0.05, 0.1) is 14.2 Å². The lowest BCUT2D eigenvalue weighted by Crippen LogP contribution is -2.35. The average Bonchev–Trinajstić information content (AvgIpc) is 3.24. The second kappa shape index (κ2) is 9.58. The topological polar surface area (TPSA) is 82.4 Å². The summed E-state index contributed by atoms with van der Waals surface area (Å²) in [5, 5.41) is 13.2. The monoisotopic (exact) mass is 429 g/mol. The largest absolute Gasteiger partial charge is 0.497 e. The third kappa shape index (κ3) is 4.71. The summed E-state index contributed by atoms with van der Waals surface area (Å²) in [6, 6.07) is 12.1. The van der Waals surface area contributed by atoms with E-state index in [9.17, 15) is 4.79 Å². The predicted molar refractivity (Wildman–Crippen MR) is 114 cm³/mol. The molecule has 0 saturated carbocycles. The first-order valence-corrected chi connectivity index (χ1v) is 9.86. The van der Waals surface area contributed by atoms with Gasteiger partial charge in [0.2, 0.25) is 11.7 Å². The summed E-state index contributed by atoms with van der Waals surface area (Å²) < 4.78 is 10.7. The zero-order valence-electron chi connectivity index (χ0n) is 17.4. The number of nitrogens with zero attached hydrogens (tertiary/aromatic N) is 5. The molecule has 0 fully saturated rings. The summed E-state index contributed by atoms with van der Waals surface area (Å²) >= 11 is 5.93. The van der Waals surface area contributed by atoms with Crippen LogP contribution in [0.15, 0.2) is 42.5 Å². The molecule has 0 aliphatic carbocycles. The molecule has 8 nitrogen and oxygen atoms in total. The highest BCUT2D eigenvalue weighted by molar-refractivity contribution is 6.30. The molecule has 0 aliphatic rings. The van der Waals surface area contributed by atoms with E-state index in [4.69, 9.17) is 21.1 Å². The summed E-state index contributed by atoms with van der Waals surface area (Å²) in [5.41, 5.74) is 1.65. The molecule has 0 radical (unpaired) electrons. The van der Waals surface area contributed by atoms with E-state index >= 15 is 0 Å². The Morgan fingerprint density at radius 1 is 1.17 bits per heavy atom. The molecule has 1 aromatic heterocycles. The maximum Gasteiger partial charge on any atom is 0.249 e. The molecule has 0 bridgehead atoms. The van der Waals surface area contributed by atoms with Crippen LogP contribution in [-0.4, -0.2) is 52.3 Å². The fourth-order valence-corrected chi connectivity index (χ4v) is 3.20. The Morgan fingerprint density at radius 3 is 2.53 bits per heavy atom. The van der Waals surface area contributed by atoms with E-state index in [-0.39, 0.29) is 5.91 Å². The molecule has 1 heterocycles. The highest BCUT2D eigenvalue weighted by Crippen LogP contribution is 2.26. The van der Waals surface area contributed by atoms with Gasteiger partial charge in [-0.15, -0.1) is 10.2 Å². The Kier molecular flexibility index (Phi) is 6.89. The van der Waals surface area contributed by atoms with Crippen molar-refractivity contribution in [2.75, 3.05) is 21.3 Å². The van der Waals surface area contributed by atoms with Crippen LogP contribution in [0.3, 0.4) is 0 Å². The maximum atomic E-state index is 13.1. The van der Waals surface area contributed by atoms with Crippen molar-refractivity contribution in [1.82, 2.24) is 25.1 Å². The number of rotatable bonds is 8. The number of ether oxygens (including phenoxy) is 2. The lowest BCUT2D eigenvalue weighted by atomic mass is 10.1. The number of methoxy groups -OCH3 is 2. The van der Waals surface area contributed by atoms with E-state index in [1.54, 1.807) is 44.4 Å². The van der Waals surface area contributed by atoms with E-state index in [0.29, 0.717) is 35.3 Å². The van der Waals surface area contributed by atoms with Gasteiger partial charge in [-0.1, -0.05) is 18.5 Å². The van der Waals surface area contributed by atoms with Gasteiger partial charge < -0.3 is 14.4 Å². The highest BCUT2D eigenvalue weighted by atomic mass is 35.5. The molecular weight excluding hydrogens is 406 g/mol. The first-order chi connectivity index (χ1) is 14.5. The number of benzene rings is 2. The van der Waals surface area contributed by atoms with E-state index in [1.165, 1.54) is 4.80 Å². The molecule has 0 N–H and O–H groups in total. The minimum absolute atomic E-state index is 0.115. The van der Waals surface area contributed by atoms with Crippen LogP contribution in [0.1, 0.15) is 24.9 Å². The Morgan fingerprint density at radius 2 is 1.90 bits per heavy atom. The van der Waals surface area contributed by atoms with Crippen LogP contribution < -0.4 is 9.47 Å². The number of hydrogen-bond acceptors (Lipinski definition) is 6. The number of tetrazole rings is 1. The first-order valence-electron chi connectivity index (χ1n) is 9.48. The van der Waals surface area contributed by atoms with Gasteiger partial charge in [0.15, 0.2) is 6.04 Å². The Labute approximate surface area is 180 Å². The van der Waals surface area contributed by atoms with Crippen molar-refractivity contribution >= 4 is 17.5 Å². The van der Waals surface area contributed by atoms with Crippen molar-refractivity contribution in [2.24, 2.45) is 0 Å². The Hall–Kier alpha value is -3.13. The van der Waals surface area contributed by atoms with Crippen molar-refractivity contribution < 1.29 is 14.3 Å². The van der Waals surface area contributed by atoms with Crippen molar-refractivity contribution in [2.45, 2.75) is 25.9 Å². The number of carbonyl (C=O) groups is 1. The van der Waals surface area contributed by atoms with Gasteiger partial charge >= 0.3 is 0 Å². The quantitative estimate of drug-likeness (QED) is 0.544. The molecule has 158 valence electrons. The zero-order valence-corrected chi connectivity index (χ0v) is 18.1. The van der Waals surface area contributed by atoms with Crippen LogP contribution in [0.5, 0.6) is 11.5 Å². The fourth-order valence-electron chi connectivity index (χ4n) is 3.08. The number of hydrogen-bond donors (Lipinski definition) is 0. The minimum atomic E-state index is -0.562. The van der Waals surface area contributed by atoms with Crippen LogP contribution in [0.2, 0.25) is 5.02 Å². The van der Waals surface area contributed by atoms with E-state index in [1.807, 2.05) is 31.2 Å². The predicted octanol–water partition coefficient (Wildman–Crippen LogP) is 3.62. The molecule has 0 spiro atoms. The molecule has 2 aromatic carbocycles. The smallest absolute Gasteiger partial charge is 0.249 e. The first kappa shape index (κ1) is 21.6. The van der Waals surface area contributed by atoms with Crippen molar-refractivity contribution in [3.05, 3.63) is 53.1 Å². The second-order valence-corrected chi connectivity index (χ2v) is 7.17. The zero-order chi connectivity index (χ0) is 21.7. The van der Waals surface area contributed by atoms with Crippen LogP contribution >= 0.6 is 11.6 Å². The standard InChI is InChI=1S/C21H24ClN5O3/c1-5-18(27-24-20(23-25-27)14-6-9-16(22)10-7-14)21(28)26(2)13-15-8-11-17(29-3)12-19(15)30-4/h6-12,18H,5,13H2,1-4H3. The van der Waals surface area contributed by atoms with E-state index in [2.05, 4.69) is 15.4 Å². The summed E-state index contributed by atoms with van der Waals surface area (Å²) in [6.45, 7) is 2.29. The van der Waals surface area contributed by atoms with Crippen molar-refractivity contribution in [1.29, 1.82) is 0 Å². The van der Waals surface area contributed by atoms with Gasteiger partial charge in [0.1, 0.15) is 11.5 Å². The highest BCUT2D eigenvalue weighted by Gasteiger charge is 2.26.